The molecule has 2 saturated heterocycles. The van der Waals surface area contributed by atoms with Gasteiger partial charge in [-0.25, -0.2) is 0 Å². The number of hydrogen-bond donors (Lipinski definition) is 3. The molecule has 0 unspecified atom stereocenters. The molecular weight excluding hydrogens is 294 g/mol. The first-order valence-electron chi connectivity index (χ1n) is 6.74. The van der Waals surface area contributed by atoms with E-state index in [1.165, 1.54) is 11.8 Å². The van der Waals surface area contributed by atoms with E-state index in [1.54, 1.807) is 4.90 Å². The Morgan fingerprint density at radius 3 is 2.57 bits per heavy atom. The van der Waals surface area contributed by atoms with E-state index in [-0.39, 0.29) is 12.5 Å². The van der Waals surface area contributed by atoms with Crippen LogP contribution in [0.2, 0.25) is 0 Å². The number of rotatable bonds is 3. The summed E-state index contributed by atoms with van der Waals surface area (Å²) in [4.78, 5) is 13.7. The lowest BCUT2D eigenvalue weighted by atomic mass is 10.1. The highest BCUT2D eigenvalue weighted by Gasteiger charge is 2.50. The lowest BCUT2D eigenvalue weighted by molar-refractivity contribution is -0.116. The summed E-state index contributed by atoms with van der Waals surface area (Å²) in [6.07, 6.45) is -3.82. The largest absolute Gasteiger partial charge is 0.394 e. The summed E-state index contributed by atoms with van der Waals surface area (Å²) in [5, 5.41) is 28.7. The van der Waals surface area contributed by atoms with E-state index in [1.807, 2.05) is 30.3 Å². The quantitative estimate of drug-likeness (QED) is 0.702. The first kappa shape index (κ1) is 14.8. The number of hydrogen-bond acceptors (Lipinski definition) is 6. The molecule has 3 rings (SSSR count). The Morgan fingerprint density at radius 2 is 1.95 bits per heavy atom. The Balaban J connectivity index is 1.86. The molecule has 1 aromatic carbocycles. The number of anilines is 1. The van der Waals surface area contributed by atoms with E-state index in [0.29, 0.717) is 5.75 Å². The van der Waals surface area contributed by atoms with E-state index >= 15 is 0 Å². The third-order valence-electron chi connectivity index (χ3n) is 3.80. The fraction of sp³-hybridized carbons (Fsp3) is 0.500. The van der Waals surface area contributed by atoms with Crippen LogP contribution in [0.3, 0.4) is 0 Å². The van der Waals surface area contributed by atoms with Crippen LogP contribution in [0.5, 0.6) is 0 Å². The van der Waals surface area contributed by atoms with Gasteiger partial charge in [0.25, 0.3) is 0 Å². The second-order valence-corrected chi connectivity index (χ2v) is 6.21. The van der Waals surface area contributed by atoms with Crippen molar-refractivity contribution in [2.45, 2.75) is 29.8 Å². The summed E-state index contributed by atoms with van der Waals surface area (Å²) >= 11 is 1.37. The van der Waals surface area contributed by atoms with Gasteiger partial charge in [-0.1, -0.05) is 18.2 Å². The van der Waals surface area contributed by atoms with Crippen molar-refractivity contribution in [3.05, 3.63) is 30.3 Å². The summed E-state index contributed by atoms with van der Waals surface area (Å²) in [5.74, 6) is 0.236. The van der Waals surface area contributed by atoms with E-state index in [0.717, 1.165) is 5.69 Å². The van der Waals surface area contributed by atoms with Gasteiger partial charge in [0.05, 0.1) is 12.4 Å². The smallest absolute Gasteiger partial charge is 0.238 e. The maximum Gasteiger partial charge on any atom is 0.238 e. The number of thioether (sulfide) groups is 1. The number of para-hydroxylation sites is 1. The van der Waals surface area contributed by atoms with Crippen LogP contribution in [0, 0.1) is 0 Å². The van der Waals surface area contributed by atoms with Crippen LogP contribution in [-0.2, 0) is 9.53 Å². The highest BCUT2D eigenvalue weighted by atomic mass is 32.2. The molecule has 5 atom stereocenters. The molecule has 2 aliphatic heterocycles. The predicted octanol–water partition coefficient (Wildman–Crippen LogP) is -0.426. The van der Waals surface area contributed by atoms with Crippen LogP contribution in [0.4, 0.5) is 5.69 Å². The van der Waals surface area contributed by atoms with Gasteiger partial charge in [-0.15, -0.1) is 11.8 Å². The van der Waals surface area contributed by atoms with Crippen molar-refractivity contribution < 1.29 is 24.9 Å². The summed E-state index contributed by atoms with van der Waals surface area (Å²) in [5.41, 5.74) is 0.732. The standard InChI is InChI=1S/C14H17NO5S/c16-6-9-11(18)12(19)13(20-9)14-15(10(17)7-21-14)8-4-2-1-3-5-8/h1-5,9,11-14,16,18-19H,6-7H2/t9-,11-,12+,13+,14-/m1/s1. The van der Waals surface area contributed by atoms with Gasteiger partial charge in [-0.05, 0) is 12.1 Å². The Morgan fingerprint density at radius 1 is 1.24 bits per heavy atom. The number of carbonyl (C=O) groups is 1. The Kier molecular flexibility index (Phi) is 4.19. The topological polar surface area (TPSA) is 90.2 Å². The van der Waals surface area contributed by atoms with Gasteiger partial charge in [0.1, 0.15) is 29.8 Å². The number of amides is 1. The van der Waals surface area contributed by atoms with E-state index < -0.39 is 29.8 Å². The van der Waals surface area contributed by atoms with Gasteiger partial charge in [0, 0.05) is 5.69 Å². The average Bonchev–Trinajstić information content (AvgIpc) is 3.02. The van der Waals surface area contributed by atoms with Gasteiger partial charge < -0.3 is 20.1 Å². The summed E-state index contributed by atoms with van der Waals surface area (Å²) in [6, 6.07) is 9.16. The van der Waals surface area contributed by atoms with Crippen molar-refractivity contribution in [1.29, 1.82) is 0 Å². The second kappa shape index (κ2) is 5.94. The number of carbonyl (C=O) groups excluding carboxylic acids is 1. The highest BCUT2D eigenvalue weighted by molar-refractivity contribution is 8.01. The number of nitrogens with zero attached hydrogens (tertiary/aromatic N) is 1. The molecule has 1 aromatic rings. The first-order valence-corrected chi connectivity index (χ1v) is 7.79. The molecular formula is C14H17NO5S. The van der Waals surface area contributed by atoms with Crippen molar-refractivity contribution in [1.82, 2.24) is 0 Å². The normalized spacial score (nSPS) is 36.4. The van der Waals surface area contributed by atoms with E-state index in [2.05, 4.69) is 0 Å². The lowest BCUT2D eigenvalue weighted by Crippen LogP contribution is -2.46. The van der Waals surface area contributed by atoms with Crippen molar-refractivity contribution in [2.75, 3.05) is 17.3 Å². The van der Waals surface area contributed by atoms with Gasteiger partial charge >= 0.3 is 0 Å². The summed E-state index contributed by atoms with van der Waals surface area (Å²) < 4.78 is 5.55. The van der Waals surface area contributed by atoms with Crippen molar-refractivity contribution in [3.63, 3.8) is 0 Å². The number of benzene rings is 1. The minimum atomic E-state index is -1.14. The molecule has 2 aliphatic rings. The van der Waals surface area contributed by atoms with Gasteiger partial charge in [0.2, 0.25) is 5.91 Å². The number of aliphatic hydroxyl groups excluding tert-OH is 3. The molecule has 3 N–H and O–H groups in total. The van der Waals surface area contributed by atoms with Crippen molar-refractivity contribution >= 4 is 23.4 Å². The molecule has 0 aliphatic carbocycles. The maximum absolute atomic E-state index is 12.1. The van der Waals surface area contributed by atoms with E-state index in [9.17, 15) is 15.0 Å². The van der Waals surface area contributed by atoms with Crippen LogP contribution in [-0.4, -0.2) is 63.4 Å². The molecule has 6 nitrogen and oxygen atoms in total. The van der Waals surface area contributed by atoms with Crippen LogP contribution in [0.15, 0.2) is 30.3 Å². The molecule has 0 aromatic heterocycles. The molecule has 0 bridgehead atoms. The van der Waals surface area contributed by atoms with Crippen LogP contribution < -0.4 is 4.90 Å². The minimum Gasteiger partial charge on any atom is -0.394 e. The molecule has 114 valence electrons. The monoisotopic (exact) mass is 311 g/mol. The first-order chi connectivity index (χ1) is 10.1. The molecule has 0 spiro atoms. The van der Waals surface area contributed by atoms with Gasteiger partial charge in [0.15, 0.2) is 0 Å². The fourth-order valence-corrected chi connectivity index (χ4v) is 3.98. The molecule has 7 heteroatoms. The highest BCUT2D eigenvalue weighted by Crippen LogP contribution is 2.38. The Bertz CT molecular complexity index is 513. The molecule has 1 amide bonds. The summed E-state index contributed by atoms with van der Waals surface area (Å²) in [6.45, 7) is -0.370. The Hall–Kier alpha value is -1.12. The predicted molar refractivity (Wildman–Crippen MR) is 77.9 cm³/mol. The van der Waals surface area contributed by atoms with Gasteiger partial charge in [-0.2, -0.15) is 0 Å². The molecule has 2 fully saturated rings. The third kappa shape index (κ3) is 2.56. The maximum atomic E-state index is 12.1. The summed E-state index contributed by atoms with van der Waals surface area (Å²) in [7, 11) is 0. The molecule has 2 heterocycles. The van der Waals surface area contributed by atoms with Crippen LogP contribution in [0.1, 0.15) is 0 Å². The average molecular weight is 311 g/mol. The zero-order valence-corrected chi connectivity index (χ0v) is 12.0. The minimum absolute atomic E-state index is 0.0612. The van der Waals surface area contributed by atoms with Gasteiger partial charge in [-0.3, -0.25) is 9.69 Å². The fourth-order valence-electron chi connectivity index (χ4n) is 2.73. The van der Waals surface area contributed by atoms with E-state index in [4.69, 9.17) is 9.84 Å². The molecule has 0 radical (unpaired) electrons. The lowest BCUT2D eigenvalue weighted by Gasteiger charge is -2.29. The zero-order valence-electron chi connectivity index (χ0n) is 11.2. The third-order valence-corrected chi connectivity index (χ3v) is 5.03. The van der Waals surface area contributed by atoms with Crippen LogP contribution >= 0.6 is 11.8 Å². The SMILES string of the molecule is O=C1CS[C@H]([C@H]2O[C@H](CO)[C@@H](O)[C@@H]2O)N1c1ccccc1. The number of ether oxygens (including phenoxy) is 1. The van der Waals surface area contributed by atoms with Crippen LogP contribution in [0.25, 0.3) is 0 Å². The van der Waals surface area contributed by atoms with Crippen molar-refractivity contribution in [2.24, 2.45) is 0 Å². The number of aliphatic hydroxyl groups is 3. The zero-order chi connectivity index (χ0) is 15.0. The molecule has 21 heavy (non-hydrogen) atoms. The second-order valence-electron chi connectivity index (χ2n) is 5.10. The molecule has 0 saturated carbocycles. The Labute approximate surface area is 126 Å². The van der Waals surface area contributed by atoms with Crippen molar-refractivity contribution in [3.8, 4) is 0 Å².